The van der Waals surface area contributed by atoms with E-state index in [0.717, 1.165) is 0 Å². The minimum Gasteiger partial charge on any atom is -0.390 e. The number of aromatic nitrogens is 1. The summed E-state index contributed by atoms with van der Waals surface area (Å²) in [6.45, 7) is 1.45. The highest BCUT2D eigenvalue weighted by atomic mass is 32.2. The van der Waals surface area contributed by atoms with Crippen LogP contribution < -0.4 is 0 Å². The van der Waals surface area contributed by atoms with E-state index >= 15 is 0 Å². The highest BCUT2D eigenvalue weighted by molar-refractivity contribution is 7.89. The van der Waals surface area contributed by atoms with Gasteiger partial charge in [-0.3, -0.25) is 0 Å². The van der Waals surface area contributed by atoms with E-state index in [9.17, 15) is 8.42 Å². The topological polar surface area (TPSA) is 71.8 Å². The largest absolute Gasteiger partial charge is 0.390 e. The molecule has 0 aliphatic carbocycles. The molecule has 2 heterocycles. The van der Waals surface area contributed by atoms with Crippen LogP contribution in [0.2, 0.25) is 0 Å². The van der Waals surface area contributed by atoms with Crippen molar-refractivity contribution >= 4 is 10.0 Å². The zero-order valence-corrected chi connectivity index (χ0v) is 10.5. The second-order valence-electron chi connectivity index (χ2n) is 3.95. The number of aliphatic hydroxyl groups is 1. The molecule has 0 saturated carbocycles. The van der Waals surface area contributed by atoms with Crippen molar-refractivity contribution in [2.45, 2.75) is 11.5 Å². The molecule has 1 aromatic heterocycles. The number of hydrogen-bond acceptors (Lipinski definition) is 4. The molecule has 1 N–H and O–H groups in total. The molecule has 0 atom stereocenters. The van der Waals surface area contributed by atoms with Crippen LogP contribution in [0.5, 0.6) is 0 Å². The second-order valence-corrected chi connectivity index (χ2v) is 5.89. The van der Waals surface area contributed by atoms with Crippen molar-refractivity contribution in [3.63, 3.8) is 0 Å². The third kappa shape index (κ3) is 2.37. The van der Waals surface area contributed by atoms with E-state index in [1.165, 1.54) is 16.6 Å². The number of hydrogen-bond donors (Lipinski definition) is 1. The summed E-state index contributed by atoms with van der Waals surface area (Å²) in [5, 5.41) is 9.06. The summed E-state index contributed by atoms with van der Waals surface area (Å²) in [7, 11) is -1.74. The Balaban J connectivity index is 2.30. The second kappa shape index (κ2) is 4.77. The maximum atomic E-state index is 12.2. The lowest BCUT2D eigenvalue weighted by Crippen LogP contribution is -2.40. The van der Waals surface area contributed by atoms with Crippen molar-refractivity contribution in [1.82, 2.24) is 8.87 Å². The Hall–Kier alpha value is -0.890. The number of sulfonamides is 1. The number of aliphatic hydroxyl groups excluding tert-OH is 1. The summed E-state index contributed by atoms with van der Waals surface area (Å²) < 4.78 is 32.6. The summed E-state index contributed by atoms with van der Waals surface area (Å²) in [4.78, 5) is 0.228. The summed E-state index contributed by atoms with van der Waals surface area (Å²) in [6.07, 6.45) is 1.52. The molecule has 0 bridgehead atoms. The minimum atomic E-state index is -3.45. The highest BCUT2D eigenvalue weighted by Crippen LogP contribution is 2.19. The molecule has 2 rings (SSSR count). The molecule has 7 heteroatoms. The molecule has 0 amide bonds. The van der Waals surface area contributed by atoms with Crippen molar-refractivity contribution in [2.75, 3.05) is 26.3 Å². The predicted octanol–water partition coefficient (Wildman–Crippen LogP) is -0.462. The SMILES string of the molecule is Cn1cc(S(=O)(=O)N2CCOCC2)cc1CO. The molecule has 0 spiro atoms. The number of rotatable bonds is 3. The number of nitrogens with zero attached hydrogens (tertiary/aromatic N) is 2. The van der Waals surface area contributed by atoms with Gasteiger partial charge < -0.3 is 14.4 Å². The average molecular weight is 260 g/mol. The smallest absolute Gasteiger partial charge is 0.244 e. The number of morpholine rings is 1. The maximum Gasteiger partial charge on any atom is 0.244 e. The highest BCUT2D eigenvalue weighted by Gasteiger charge is 2.27. The first kappa shape index (κ1) is 12.6. The molecule has 0 aromatic carbocycles. The molecule has 96 valence electrons. The fourth-order valence-electron chi connectivity index (χ4n) is 1.81. The number of aryl methyl sites for hydroxylation is 1. The van der Waals surface area contributed by atoms with E-state index in [1.807, 2.05) is 0 Å². The molecule has 1 saturated heterocycles. The zero-order valence-electron chi connectivity index (χ0n) is 9.66. The lowest BCUT2D eigenvalue weighted by atomic mass is 10.5. The first-order chi connectivity index (χ1) is 8.05. The normalized spacial score (nSPS) is 18.5. The molecule has 1 aliphatic heterocycles. The van der Waals surface area contributed by atoms with Gasteiger partial charge in [0.1, 0.15) is 4.90 Å². The van der Waals surface area contributed by atoms with Crippen LogP contribution in [0.4, 0.5) is 0 Å². The van der Waals surface area contributed by atoms with Gasteiger partial charge in [0.2, 0.25) is 10.0 Å². The Kier molecular flexibility index (Phi) is 3.53. The van der Waals surface area contributed by atoms with E-state index in [0.29, 0.717) is 32.0 Å². The standard InChI is InChI=1S/C10H16N2O4S/c1-11-7-10(6-9(11)8-13)17(14,15)12-2-4-16-5-3-12/h6-7,13H,2-5,8H2,1H3. The minimum absolute atomic E-state index is 0.171. The van der Waals surface area contributed by atoms with Crippen LogP contribution in [0, 0.1) is 0 Å². The summed E-state index contributed by atoms with van der Waals surface area (Å²) in [5.41, 5.74) is 0.580. The summed E-state index contributed by atoms with van der Waals surface area (Å²) >= 11 is 0. The molecule has 0 radical (unpaired) electrons. The first-order valence-corrected chi connectivity index (χ1v) is 6.83. The lowest BCUT2D eigenvalue weighted by molar-refractivity contribution is 0.0730. The molecule has 0 unspecified atom stereocenters. The van der Waals surface area contributed by atoms with Crippen LogP contribution in [0.3, 0.4) is 0 Å². The van der Waals surface area contributed by atoms with Crippen LogP contribution in [-0.4, -0.2) is 48.7 Å². The van der Waals surface area contributed by atoms with E-state index < -0.39 is 10.0 Å². The van der Waals surface area contributed by atoms with Crippen molar-refractivity contribution < 1.29 is 18.3 Å². The Labute approximate surface area is 100 Å². The molecular weight excluding hydrogens is 244 g/mol. The van der Waals surface area contributed by atoms with Crippen LogP contribution in [0.15, 0.2) is 17.2 Å². The molecule has 6 nitrogen and oxygen atoms in total. The van der Waals surface area contributed by atoms with Gasteiger partial charge in [-0.15, -0.1) is 0 Å². The van der Waals surface area contributed by atoms with Gasteiger partial charge in [0.25, 0.3) is 0 Å². The van der Waals surface area contributed by atoms with Crippen LogP contribution >= 0.6 is 0 Å². The Morgan fingerprint density at radius 2 is 2.06 bits per heavy atom. The van der Waals surface area contributed by atoms with Crippen molar-refractivity contribution in [1.29, 1.82) is 0 Å². The van der Waals surface area contributed by atoms with Crippen molar-refractivity contribution in [3.05, 3.63) is 18.0 Å². The third-order valence-corrected chi connectivity index (χ3v) is 4.72. The average Bonchev–Trinajstić information content (AvgIpc) is 2.72. The van der Waals surface area contributed by atoms with Gasteiger partial charge in [0.05, 0.1) is 19.8 Å². The van der Waals surface area contributed by atoms with E-state index in [-0.39, 0.29) is 11.5 Å². The van der Waals surface area contributed by atoms with E-state index in [1.54, 1.807) is 11.6 Å². The lowest BCUT2D eigenvalue weighted by Gasteiger charge is -2.25. The third-order valence-electron chi connectivity index (χ3n) is 2.85. The summed E-state index contributed by atoms with van der Waals surface area (Å²) in [6, 6.07) is 1.50. The van der Waals surface area contributed by atoms with Gasteiger partial charge in [0.15, 0.2) is 0 Å². The Bertz CT molecular complexity index is 488. The van der Waals surface area contributed by atoms with Gasteiger partial charge in [-0.2, -0.15) is 4.31 Å². The van der Waals surface area contributed by atoms with E-state index in [4.69, 9.17) is 9.84 Å². The summed E-state index contributed by atoms with van der Waals surface area (Å²) in [5.74, 6) is 0. The van der Waals surface area contributed by atoms with Crippen LogP contribution in [0.1, 0.15) is 5.69 Å². The molecular formula is C10H16N2O4S. The van der Waals surface area contributed by atoms with Gasteiger partial charge in [-0.05, 0) is 6.07 Å². The molecule has 1 aliphatic rings. The monoisotopic (exact) mass is 260 g/mol. The fourth-order valence-corrected chi connectivity index (χ4v) is 3.32. The predicted molar refractivity (Wildman–Crippen MR) is 60.9 cm³/mol. The van der Waals surface area contributed by atoms with Crippen molar-refractivity contribution in [2.24, 2.45) is 7.05 Å². The van der Waals surface area contributed by atoms with Gasteiger partial charge >= 0.3 is 0 Å². The van der Waals surface area contributed by atoms with Gasteiger partial charge in [-0.25, -0.2) is 8.42 Å². The van der Waals surface area contributed by atoms with Gasteiger partial charge in [0, 0.05) is 32.0 Å². The van der Waals surface area contributed by atoms with E-state index in [2.05, 4.69) is 0 Å². The molecule has 17 heavy (non-hydrogen) atoms. The number of ether oxygens (including phenoxy) is 1. The van der Waals surface area contributed by atoms with Crippen molar-refractivity contribution in [3.8, 4) is 0 Å². The van der Waals surface area contributed by atoms with Crippen LogP contribution in [-0.2, 0) is 28.4 Å². The molecule has 1 aromatic rings. The zero-order chi connectivity index (χ0) is 12.5. The Morgan fingerprint density at radius 1 is 1.41 bits per heavy atom. The fraction of sp³-hybridized carbons (Fsp3) is 0.600. The Morgan fingerprint density at radius 3 is 2.59 bits per heavy atom. The first-order valence-electron chi connectivity index (χ1n) is 5.39. The quantitative estimate of drug-likeness (QED) is 0.798. The van der Waals surface area contributed by atoms with Crippen LogP contribution in [0.25, 0.3) is 0 Å². The molecule has 1 fully saturated rings. The maximum absolute atomic E-state index is 12.2. The van der Waals surface area contributed by atoms with Gasteiger partial charge in [-0.1, -0.05) is 0 Å².